The fraction of sp³-hybridized carbons (Fsp3) is 0.682. The fourth-order valence-electron chi connectivity index (χ4n) is 5.24. The summed E-state index contributed by atoms with van der Waals surface area (Å²) in [6.07, 6.45) is 7.77. The van der Waals surface area contributed by atoms with Crippen molar-refractivity contribution in [3.8, 4) is 0 Å². The molecule has 5 fully saturated rings. The Balaban J connectivity index is 1.31. The summed E-state index contributed by atoms with van der Waals surface area (Å²) in [6, 6.07) is 6.47. The van der Waals surface area contributed by atoms with Crippen LogP contribution in [-0.2, 0) is 0 Å². The van der Waals surface area contributed by atoms with Crippen molar-refractivity contribution in [2.45, 2.75) is 44.6 Å². The third kappa shape index (κ3) is 3.71. The average Bonchev–Trinajstić information content (AvgIpc) is 3.41. The number of anilines is 1. The minimum absolute atomic E-state index is 0.162. The summed E-state index contributed by atoms with van der Waals surface area (Å²) >= 11 is 6.56. The molecule has 1 aromatic rings. The molecule has 4 nitrogen and oxygen atoms in total. The second-order valence-corrected chi connectivity index (χ2v) is 9.47. The molecule has 0 unspecified atom stereocenters. The lowest BCUT2D eigenvalue weighted by Gasteiger charge is -2.36. The Bertz CT molecular complexity index is 714. The smallest absolute Gasteiger partial charge is 0.253 e. The number of carbonyl (C=O) groups is 1. The molecule has 1 amide bonds. The summed E-state index contributed by atoms with van der Waals surface area (Å²) in [5, 5.41) is 0.718. The predicted molar refractivity (Wildman–Crippen MR) is 110 cm³/mol. The lowest BCUT2D eigenvalue weighted by Crippen LogP contribution is -2.45. The minimum Gasteiger partial charge on any atom is -0.370 e. The van der Waals surface area contributed by atoms with Gasteiger partial charge in [0.2, 0.25) is 0 Å². The van der Waals surface area contributed by atoms with Crippen LogP contribution in [0.2, 0.25) is 5.02 Å². The van der Waals surface area contributed by atoms with Crippen molar-refractivity contribution < 1.29 is 4.79 Å². The number of hydrogen-bond donors (Lipinski definition) is 0. The number of amides is 1. The van der Waals surface area contributed by atoms with Crippen molar-refractivity contribution in [2.75, 3.05) is 44.2 Å². The monoisotopic (exact) mass is 387 g/mol. The molecule has 0 N–H and O–H groups in total. The Labute approximate surface area is 167 Å². The maximum atomic E-state index is 13.2. The summed E-state index contributed by atoms with van der Waals surface area (Å²) in [5.41, 5.74) is 1.83. The SMILES string of the molecule is O=C(c1ccc(N2CCCC2)c(Cl)c1)N1C[C@H]2CC[C@@H](C1)N(CC1CC1)C2. The Morgan fingerprint density at radius 2 is 1.85 bits per heavy atom. The first-order valence-corrected chi connectivity index (χ1v) is 11.1. The fourth-order valence-corrected chi connectivity index (χ4v) is 5.54. The first kappa shape index (κ1) is 17.8. The average molecular weight is 388 g/mol. The second kappa shape index (κ2) is 7.29. The van der Waals surface area contributed by atoms with E-state index in [-0.39, 0.29) is 5.91 Å². The Morgan fingerprint density at radius 3 is 2.59 bits per heavy atom. The normalized spacial score (nSPS) is 28.6. The van der Waals surface area contributed by atoms with E-state index >= 15 is 0 Å². The molecule has 4 aliphatic heterocycles. The zero-order valence-corrected chi connectivity index (χ0v) is 16.8. The highest BCUT2D eigenvalue weighted by molar-refractivity contribution is 6.33. The molecule has 0 spiro atoms. The molecule has 27 heavy (non-hydrogen) atoms. The maximum absolute atomic E-state index is 13.2. The van der Waals surface area contributed by atoms with Crippen LogP contribution < -0.4 is 4.90 Å². The highest BCUT2D eigenvalue weighted by atomic mass is 35.5. The summed E-state index contributed by atoms with van der Waals surface area (Å²) in [7, 11) is 0. The van der Waals surface area contributed by atoms with E-state index in [0.717, 1.165) is 48.4 Å². The van der Waals surface area contributed by atoms with Gasteiger partial charge in [-0.1, -0.05) is 11.6 Å². The van der Waals surface area contributed by atoms with Crippen molar-refractivity contribution in [3.63, 3.8) is 0 Å². The van der Waals surface area contributed by atoms with Crippen LogP contribution in [0.4, 0.5) is 5.69 Å². The van der Waals surface area contributed by atoms with Gasteiger partial charge in [-0.25, -0.2) is 0 Å². The zero-order valence-electron chi connectivity index (χ0n) is 16.1. The highest BCUT2D eigenvalue weighted by Crippen LogP contribution is 2.35. The van der Waals surface area contributed by atoms with E-state index < -0.39 is 0 Å². The molecule has 1 aromatic carbocycles. The molecule has 4 heterocycles. The van der Waals surface area contributed by atoms with Crippen molar-refractivity contribution in [1.82, 2.24) is 9.80 Å². The van der Waals surface area contributed by atoms with Crippen molar-refractivity contribution in [2.24, 2.45) is 11.8 Å². The predicted octanol–water partition coefficient (Wildman–Crippen LogP) is 3.89. The molecule has 0 aromatic heterocycles. The van der Waals surface area contributed by atoms with Crippen LogP contribution in [0.25, 0.3) is 0 Å². The third-order valence-corrected chi connectivity index (χ3v) is 7.25. The van der Waals surface area contributed by atoms with Crippen LogP contribution >= 0.6 is 11.6 Å². The first-order chi connectivity index (χ1) is 13.2. The van der Waals surface area contributed by atoms with E-state index in [1.807, 2.05) is 18.2 Å². The first-order valence-electron chi connectivity index (χ1n) is 10.7. The number of nitrogens with zero attached hydrogens (tertiary/aromatic N) is 3. The summed E-state index contributed by atoms with van der Waals surface area (Å²) in [5.74, 6) is 1.71. The number of hydrogen-bond acceptors (Lipinski definition) is 3. The van der Waals surface area contributed by atoms with Gasteiger partial charge >= 0.3 is 0 Å². The van der Waals surface area contributed by atoms with Crippen molar-refractivity contribution in [1.29, 1.82) is 0 Å². The van der Waals surface area contributed by atoms with Crippen molar-refractivity contribution in [3.05, 3.63) is 28.8 Å². The molecule has 6 rings (SSSR count). The molecule has 4 saturated heterocycles. The number of benzene rings is 1. The van der Waals surface area contributed by atoms with Crippen LogP contribution in [0.1, 0.15) is 48.9 Å². The molecular weight excluding hydrogens is 358 g/mol. The van der Waals surface area contributed by atoms with Gasteiger partial charge in [-0.15, -0.1) is 0 Å². The van der Waals surface area contributed by atoms with Gasteiger partial charge in [0.05, 0.1) is 10.7 Å². The van der Waals surface area contributed by atoms with Gasteiger partial charge in [-0.2, -0.15) is 0 Å². The van der Waals surface area contributed by atoms with Crippen LogP contribution in [0, 0.1) is 11.8 Å². The van der Waals surface area contributed by atoms with Crippen LogP contribution in [0.3, 0.4) is 0 Å². The van der Waals surface area contributed by atoms with Gasteiger partial charge in [-0.3, -0.25) is 9.69 Å². The van der Waals surface area contributed by atoms with E-state index in [1.165, 1.54) is 51.6 Å². The Hall–Kier alpha value is -1.26. The van der Waals surface area contributed by atoms with E-state index in [0.29, 0.717) is 12.0 Å². The summed E-state index contributed by atoms with van der Waals surface area (Å²) in [6.45, 7) is 6.35. The zero-order chi connectivity index (χ0) is 18.4. The molecule has 0 radical (unpaired) electrons. The Morgan fingerprint density at radius 1 is 1.04 bits per heavy atom. The number of halogens is 1. The third-order valence-electron chi connectivity index (χ3n) is 6.95. The van der Waals surface area contributed by atoms with E-state index in [4.69, 9.17) is 11.6 Å². The largest absolute Gasteiger partial charge is 0.370 e. The minimum atomic E-state index is 0.162. The molecule has 1 saturated carbocycles. The number of rotatable bonds is 4. The quantitative estimate of drug-likeness (QED) is 0.784. The number of carbonyl (C=O) groups excluding carboxylic acids is 1. The summed E-state index contributed by atoms with van der Waals surface area (Å²) < 4.78 is 0. The van der Waals surface area contributed by atoms with Crippen LogP contribution in [-0.4, -0.2) is 61.0 Å². The van der Waals surface area contributed by atoms with Crippen LogP contribution in [0.15, 0.2) is 18.2 Å². The van der Waals surface area contributed by atoms with Gasteiger partial charge in [0.25, 0.3) is 5.91 Å². The lowest BCUT2D eigenvalue weighted by molar-refractivity contribution is 0.0737. The lowest BCUT2D eigenvalue weighted by atomic mass is 9.95. The Kier molecular flexibility index (Phi) is 4.81. The molecule has 2 bridgehead atoms. The van der Waals surface area contributed by atoms with Gasteiger partial charge in [0.1, 0.15) is 0 Å². The molecule has 5 heteroatoms. The van der Waals surface area contributed by atoms with Gasteiger partial charge < -0.3 is 9.80 Å². The number of fused-ring (bicyclic) bond motifs is 4. The number of piperidine rings is 1. The maximum Gasteiger partial charge on any atom is 0.253 e. The van der Waals surface area contributed by atoms with Gasteiger partial charge in [0, 0.05) is 50.9 Å². The topological polar surface area (TPSA) is 26.8 Å². The van der Waals surface area contributed by atoms with Gasteiger partial charge in [0.15, 0.2) is 0 Å². The van der Waals surface area contributed by atoms with Gasteiger partial charge in [-0.05, 0) is 68.6 Å². The van der Waals surface area contributed by atoms with E-state index in [9.17, 15) is 4.79 Å². The second-order valence-electron chi connectivity index (χ2n) is 9.06. The van der Waals surface area contributed by atoms with Crippen LogP contribution in [0.5, 0.6) is 0 Å². The standard InChI is InChI=1S/C22H30ClN3O/c23-20-11-18(6-8-21(20)24-9-1-2-10-24)22(27)26-14-17-5-7-19(15-26)25(13-17)12-16-3-4-16/h6,8,11,16-17,19H,1-5,7,9-10,12-15H2/t17-,19-/m0/s1. The van der Waals surface area contributed by atoms with E-state index in [2.05, 4.69) is 14.7 Å². The molecule has 146 valence electrons. The van der Waals surface area contributed by atoms with E-state index in [1.54, 1.807) is 0 Å². The molecule has 1 aliphatic carbocycles. The summed E-state index contributed by atoms with van der Waals surface area (Å²) in [4.78, 5) is 20.4. The van der Waals surface area contributed by atoms with Crippen molar-refractivity contribution >= 4 is 23.2 Å². The molecule has 5 aliphatic rings. The highest BCUT2D eigenvalue weighted by Gasteiger charge is 2.38. The molecule has 2 atom stereocenters. The molecular formula is C22H30ClN3O.